The second-order valence-corrected chi connectivity index (χ2v) is 5.79. The SMILES string of the molecule is CCOC(CCNCCC1CCC(C)CC1)OCC. The van der Waals surface area contributed by atoms with Crippen LogP contribution in [0.3, 0.4) is 0 Å². The number of rotatable bonds is 10. The molecule has 1 saturated carbocycles. The molecule has 0 atom stereocenters. The average molecular weight is 271 g/mol. The maximum Gasteiger partial charge on any atom is 0.158 e. The summed E-state index contributed by atoms with van der Waals surface area (Å²) in [5, 5.41) is 3.53. The van der Waals surface area contributed by atoms with E-state index in [1.807, 2.05) is 13.8 Å². The number of hydrogen-bond donors (Lipinski definition) is 1. The molecule has 19 heavy (non-hydrogen) atoms. The molecular weight excluding hydrogens is 238 g/mol. The third kappa shape index (κ3) is 7.91. The van der Waals surface area contributed by atoms with Crippen LogP contribution in [0.15, 0.2) is 0 Å². The summed E-state index contributed by atoms with van der Waals surface area (Å²) in [6.07, 6.45) is 7.98. The molecule has 0 heterocycles. The lowest BCUT2D eigenvalue weighted by Crippen LogP contribution is -2.26. The number of ether oxygens (including phenoxy) is 2. The summed E-state index contributed by atoms with van der Waals surface area (Å²) in [6, 6.07) is 0. The van der Waals surface area contributed by atoms with Gasteiger partial charge in [-0.2, -0.15) is 0 Å². The molecule has 0 bridgehead atoms. The zero-order chi connectivity index (χ0) is 13.9. The molecule has 0 saturated heterocycles. The molecule has 3 nitrogen and oxygen atoms in total. The molecular formula is C16H33NO2. The van der Waals surface area contributed by atoms with Crippen molar-refractivity contribution >= 4 is 0 Å². The van der Waals surface area contributed by atoms with Gasteiger partial charge in [-0.3, -0.25) is 0 Å². The lowest BCUT2D eigenvalue weighted by molar-refractivity contribution is -0.138. The van der Waals surface area contributed by atoms with Gasteiger partial charge in [0, 0.05) is 19.6 Å². The molecule has 0 spiro atoms. The standard InChI is InChI=1S/C16H33NO2/c1-4-18-16(19-5-2)11-13-17-12-10-15-8-6-14(3)7-9-15/h14-17H,4-13H2,1-3H3. The lowest BCUT2D eigenvalue weighted by Gasteiger charge is -2.26. The Morgan fingerprint density at radius 3 is 2.21 bits per heavy atom. The summed E-state index contributed by atoms with van der Waals surface area (Å²) in [4.78, 5) is 0. The van der Waals surface area contributed by atoms with E-state index in [0.717, 1.165) is 44.6 Å². The van der Waals surface area contributed by atoms with Crippen LogP contribution in [0, 0.1) is 11.8 Å². The molecule has 0 radical (unpaired) electrons. The van der Waals surface area contributed by atoms with Gasteiger partial charge in [-0.1, -0.05) is 32.6 Å². The van der Waals surface area contributed by atoms with E-state index in [0.29, 0.717) is 0 Å². The van der Waals surface area contributed by atoms with Crippen LogP contribution in [0.2, 0.25) is 0 Å². The zero-order valence-corrected chi connectivity index (χ0v) is 13.1. The maximum absolute atomic E-state index is 5.53. The predicted molar refractivity (Wildman–Crippen MR) is 80.3 cm³/mol. The van der Waals surface area contributed by atoms with Crippen LogP contribution in [0.25, 0.3) is 0 Å². The molecule has 1 rings (SSSR count). The van der Waals surface area contributed by atoms with Gasteiger partial charge in [-0.25, -0.2) is 0 Å². The number of hydrogen-bond acceptors (Lipinski definition) is 3. The van der Waals surface area contributed by atoms with Gasteiger partial charge < -0.3 is 14.8 Å². The second-order valence-electron chi connectivity index (χ2n) is 5.79. The average Bonchev–Trinajstić information content (AvgIpc) is 2.41. The van der Waals surface area contributed by atoms with Gasteiger partial charge in [-0.15, -0.1) is 0 Å². The van der Waals surface area contributed by atoms with Crippen LogP contribution in [0.1, 0.15) is 59.3 Å². The first kappa shape index (κ1) is 16.9. The summed E-state index contributed by atoms with van der Waals surface area (Å²) in [5.41, 5.74) is 0. The molecule has 1 fully saturated rings. The molecule has 1 aliphatic carbocycles. The minimum absolute atomic E-state index is 0.0296. The fraction of sp³-hybridized carbons (Fsp3) is 1.00. The van der Waals surface area contributed by atoms with Crippen LogP contribution in [-0.4, -0.2) is 32.6 Å². The monoisotopic (exact) mass is 271 g/mol. The molecule has 0 aromatic heterocycles. The Hall–Kier alpha value is -0.120. The minimum Gasteiger partial charge on any atom is -0.353 e. The van der Waals surface area contributed by atoms with Gasteiger partial charge in [0.1, 0.15) is 0 Å². The zero-order valence-electron chi connectivity index (χ0n) is 13.1. The van der Waals surface area contributed by atoms with E-state index in [1.165, 1.54) is 32.1 Å². The van der Waals surface area contributed by atoms with Gasteiger partial charge in [0.25, 0.3) is 0 Å². The summed E-state index contributed by atoms with van der Waals surface area (Å²) in [5.74, 6) is 1.92. The van der Waals surface area contributed by atoms with Crippen molar-refractivity contribution in [1.82, 2.24) is 5.32 Å². The Labute approximate surface area is 119 Å². The molecule has 1 aliphatic rings. The van der Waals surface area contributed by atoms with Crippen LogP contribution in [0.5, 0.6) is 0 Å². The Balaban J connectivity index is 1.97. The van der Waals surface area contributed by atoms with Gasteiger partial charge in [0.2, 0.25) is 0 Å². The highest BCUT2D eigenvalue weighted by molar-refractivity contribution is 4.70. The van der Waals surface area contributed by atoms with E-state index in [-0.39, 0.29) is 6.29 Å². The highest BCUT2D eigenvalue weighted by Crippen LogP contribution is 2.29. The summed E-state index contributed by atoms with van der Waals surface area (Å²) in [6.45, 7) is 10.0. The van der Waals surface area contributed by atoms with Crippen molar-refractivity contribution in [3.8, 4) is 0 Å². The van der Waals surface area contributed by atoms with Crippen LogP contribution in [-0.2, 0) is 9.47 Å². The highest BCUT2D eigenvalue weighted by Gasteiger charge is 2.17. The molecule has 3 heteroatoms. The van der Waals surface area contributed by atoms with Crippen LogP contribution < -0.4 is 5.32 Å². The second kappa shape index (κ2) is 10.6. The van der Waals surface area contributed by atoms with Crippen molar-refractivity contribution in [3.63, 3.8) is 0 Å². The van der Waals surface area contributed by atoms with E-state index in [1.54, 1.807) is 0 Å². The minimum atomic E-state index is -0.0296. The first-order valence-corrected chi connectivity index (χ1v) is 8.20. The smallest absolute Gasteiger partial charge is 0.158 e. The molecule has 0 aromatic rings. The van der Waals surface area contributed by atoms with Crippen molar-refractivity contribution in [2.45, 2.75) is 65.6 Å². The quantitative estimate of drug-likeness (QED) is 0.486. The third-order valence-corrected chi connectivity index (χ3v) is 4.13. The van der Waals surface area contributed by atoms with Crippen molar-refractivity contribution in [2.75, 3.05) is 26.3 Å². The first-order chi connectivity index (χ1) is 9.26. The largest absolute Gasteiger partial charge is 0.353 e. The van der Waals surface area contributed by atoms with Gasteiger partial charge in [0.05, 0.1) is 0 Å². The molecule has 114 valence electrons. The van der Waals surface area contributed by atoms with Gasteiger partial charge in [-0.05, 0) is 45.2 Å². The predicted octanol–water partition coefficient (Wildman–Crippen LogP) is 3.58. The third-order valence-electron chi connectivity index (χ3n) is 4.13. The Bertz CT molecular complexity index is 197. The Morgan fingerprint density at radius 2 is 1.63 bits per heavy atom. The molecule has 1 N–H and O–H groups in total. The van der Waals surface area contributed by atoms with E-state index >= 15 is 0 Å². The van der Waals surface area contributed by atoms with Crippen LogP contribution >= 0.6 is 0 Å². The van der Waals surface area contributed by atoms with Crippen molar-refractivity contribution < 1.29 is 9.47 Å². The highest BCUT2D eigenvalue weighted by atomic mass is 16.7. The Morgan fingerprint density at radius 1 is 1.00 bits per heavy atom. The summed E-state index contributed by atoms with van der Waals surface area (Å²) >= 11 is 0. The van der Waals surface area contributed by atoms with E-state index in [4.69, 9.17) is 9.47 Å². The van der Waals surface area contributed by atoms with Crippen molar-refractivity contribution in [2.24, 2.45) is 11.8 Å². The van der Waals surface area contributed by atoms with Crippen LogP contribution in [0.4, 0.5) is 0 Å². The number of nitrogens with one attached hydrogen (secondary N) is 1. The first-order valence-electron chi connectivity index (χ1n) is 8.20. The molecule has 0 aliphatic heterocycles. The molecule has 0 aromatic carbocycles. The Kier molecular flexibility index (Phi) is 9.48. The molecule has 0 amide bonds. The summed E-state index contributed by atoms with van der Waals surface area (Å²) < 4.78 is 11.1. The molecule has 0 unspecified atom stereocenters. The fourth-order valence-electron chi connectivity index (χ4n) is 2.86. The van der Waals surface area contributed by atoms with E-state index in [2.05, 4.69) is 12.2 Å². The topological polar surface area (TPSA) is 30.5 Å². The normalized spacial score (nSPS) is 24.0. The van der Waals surface area contributed by atoms with Crippen molar-refractivity contribution in [1.29, 1.82) is 0 Å². The maximum atomic E-state index is 5.53. The van der Waals surface area contributed by atoms with E-state index in [9.17, 15) is 0 Å². The van der Waals surface area contributed by atoms with Crippen molar-refractivity contribution in [3.05, 3.63) is 0 Å². The summed E-state index contributed by atoms with van der Waals surface area (Å²) in [7, 11) is 0. The lowest BCUT2D eigenvalue weighted by atomic mass is 9.81. The van der Waals surface area contributed by atoms with E-state index < -0.39 is 0 Å². The van der Waals surface area contributed by atoms with Gasteiger partial charge in [0.15, 0.2) is 6.29 Å². The fourth-order valence-corrected chi connectivity index (χ4v) is 2.86. The van der Waals surface area contributed by atoms with Gasteiger partial charge >= 0.3 is 0 Å².